The monoisotopic (exact) mass is 436 g/mol. The van der Waals surface area contributed by atoms with E-state index in [1.165, 1.54) is 46.3 Å². The molecule has 2 aromatic carbocycles. The number of rotatable bonds is 3. The third-order valence-electron chi connectivity index (χ3n) is 5.84. The molecule has 2 aromatic heterocycles. The molecular formula is C24H19F3N4O. The summed E-state index contributed by atoms with van der Waals surface area (Å²) < 4.78 is 42.3. The lowest BCUT2D eigenvalue weighted by molar-refractivity contribution is -0.137. The summed E-state index contributed by atoms with van der Waals surface area (Å²) in [6, 6.07) is 14.6. The van der Waals surface area contributed by atoms with E-state index in [0.29, 0.717) is 23.9 Å². The van der Waals surface area contributed by atoms with Crippen molar-refractivity contribution in [3.8, 4) is 11.3 Å². The molecule has 0 spiro atoms. The molecule has 1 N–H and O–H groups in total. The van der Waals surface area contributed by atoms with Gasteiger partial charge in [0.25, 0.3) is 5.91 Å². The fraction of sp³-hybridized carbons (Fsp3) is 0.208. The third-order valence-corrected chi connectivity index (χ3v) is 5.84. The number of alkyl halides is 3. The second-order valence-electron chi connectivity index (χ2n) is 7.95. The maximum atomic E-state index is 13.6. The summed E-state index contributed by atoms with van der Waals surface area (Å²) in [5.74, 6) is -0.353. The third kappa shape index (κ3) is 3.51. The van der Waals surface area contributed by atoms with Crippen molar-refractivity contribution in [3.05, 3.63) is 83.0 Å². The Labute approximate surface area is 181 Å². The Morgan fingerprint density at radius 3 is 2.41 bits per heavy atom. The number of fused-ring (bicyclic) bond motifs is 2. The van der Waals surface area contributed by atoms with Crippen molar-refractivity contribution < 1.29 is 18.0 Å². The van der Waals surface area contributed by atoms with Gasteiger partial charge in [0.15, 0.2) is 5.65 Å². The van der Waals surface area contributed by atoms with Crippen LogP contribution in [0.25, 0.3) is 22.3 Å². The molecule has 1 amide bonds. The highest BCUT2D eigenvalue weighted by atomic mass is 19.4. The van der Waals surface area contributed by atoms with E-state index < -0.39 is 11.7 Å². The first-order valence-corrected chi connectivity index (χ1v) is 10.2. The van der Waals surface area contributed by atoms with Crippen molar-refractivity contribution in [2.45, 2.75) is 25.1 Å². The molecule has 0 unspecified atom stereocenters. The van der Waals surface area contributed by atoms with Crippen molar-refractivity contribution in [1.29, 1.82) is 0 Å². The number of carbonyl (C=O) groups is 1. The molecule has 0 radical (unpaired) electrons. The van der Waals surface area contributed by atoms with Crippen LogP contribution >= 0.6 is 0 Å². The molecule has 0 saturated heterocycles. The van der Waals surface area contributed by atoms with Gasteiger partial charge in [-0.1, -0.05) is 42.5 Å². The second-order valence-corrected chi connectivity index (χ2v) is 7.95. The van der Waals surface area contributed by atoms with Crippen LogP contribution < -0.4 is 5.32 Å². The van der Waals surface area contributed by atoms with E-state index >= 15 is 0 Å². The summed E-state index contributed by atoms with van der Waals surface area (Å²) in [6.07, 6.45) is -1.60. The zero-order valence-corrected chi connectivity index (χ0v) is 17.1. The molecule has 32 heavy (non-hydrogen) atoms. The topological polar surface area (TPSA) is 59.8 Å². The van der Waals surface area contributed by atoms with Crippen LogP contribution in [0.3, 0.4) is 0 Å². The Hall–Kier alpha value is -3.68. The van der Waals surface area contributed by atoms with Crippen LogP contribution in [0, 0.1) is 0 Å². The maximum Gasteiger partial charge on any atom is 0.417 e. The number of benzene rings is 2. The van der Waals surface area contributed by atoms with Gasteiger partial charge in [-0.15, -0.1) is 0 Å². The molecule has 0 fully saturated rings. The summed E-state index contributed by atoms with van der Waals surface area (Å²) in [4.78, 5) is 17.6. The van der Waals surface area contributed by atoms with E-state index in [1.54, 1.807) is 7.05 Å². The van der Waals surface area contributed by atoms with Crippen molar-refractivity contribution in [2.24, 2.45) is 7.05 Å². The summed E-state index contributed by atoms with van der Waals surface area (Å²) in [7, 11) is 1.64. The first kappa shape index (κ1) is 20.2. The number of nitrogens with one attached hydrogen (secondary N) is 1. The van der Waals surface area contributed by atoms with Gasteiger partial charge in [0, 0.05) is 18.7 Å². The van der Waals surface area contributed by atoms with Gasteiger partial charge in [-0.2, -0.15) is 18.3 Å². The Morgan fingerprint density at radius 2 is 1.72 bits per heavy atom. The van der Waals surface area contributed by atoms with E-state index in [9.17, 15) is 18.0 Å². The van der Waals surface area contributed by atoms with Crippen LogP contribution in [0.2, 0.25) is 0 Å². The quantitative estimate of drug-likeness (QED) is 0.513. The summed E-state index contributed by atoms with van der Waals surface area (Å²) in [5, 5.41) is 7.70. The highest BCUT2D eigenvalue weighted by Gasteiger charge is 2.34. The largest absolute Gasteiger partial charge is 0.417 e. The Morgan fingerprint density at radius 1 is 1.06 bits per heavy atom. The number of amides is 1. The number of halogens is 3. The van der Waals surface area contributed by atoms with Crippen LogP contribution in [-0.4, -0.2) is 26.7 Å². The number of aromatic nitrogens is 3. The highest BCUT2D eigenvalue weighted by Crippen LogP contribution is 2.37. The molecule has 2 heterocycles. The Balaban J connectivity index is 1.55. The van der Waals surface area contributed by atoms with Gasteiger partial charge in [-0.3, -0.25) is 9.48 Å². The number of nitrogens with zero attached hydrogens (tertiary/aromatic N) is 3. The zero-order chi connectivity index (χ0) is 22.5. The van der Waals surface area contributed by atoms with Gasteiger partial charge >= 0.3 is 6.18 Å². The van der Waals surface area contributed by atoms with Gasteiger partial charge in [-0.05, 0) is 36.1 Å². The SMILES string of the molecule is Cn1ncc2c(C(=O)NC3Cc4ccccc4C3)cc(-c3ccccc3C(F)(F)F)nc21. The number of aryl methyl sites for hydroxylation is 1. The average Bonchev–Trinajstić information content (AvgIpc) is 3.35. The van der Waals surface area contributed by atoms with Crippen LogP contribution in [0.4, 0.5) is 13.2 Å². The standard InChI is InChI=1S/C24H19F3N4O/c1-31-22-19(13-28-31)18(23(32)29-16-10-14-6-2-3-7-15(14)11-16)12-21(30-22)17-8-4-5-9-20(17)24(25,26)27/h2-9,12-13,16H,10-11H2,1H3,(H,29,32). The predicted molar refractivity (Wildman–Crippen MR) is 114 cm³/mol. The van der Waals surface area contributed by atoms with Crippen LogP contribution in [0.1, 0.15) is 27.0 Å². The van der Waals surface area contributed by atoms with Crippen LogP contribution in [0.5, 0.6) is 0 Å². The highest BCUT2D eigenvalue weighted by molar-refractivity contribution is 6.06. The lowest BCUT2D eigenvalue weighted by Crippen LogP contribution is -2.35. The molecular weight excluding hydrogens is 417 g/mol. The minimum Gasteiger partial charge on any atom is -0.349 e. The van der Waals surface area contributed by atoms with Crippen LogP contribution in [0.15, 0.2) is 60.8 Å². The predicted octanol–water partition coefficient (Wildman–Crippen LogP) is 4.55. The fourth-order valence-electron chi connectivity index (χ4n) is 4.32. The summed E-state index contributed by atoms with van der Waals surface area (Å²) in [6.45, 7) is 0. The number of pyridine rings is 1. The molecule has 8 heteroatoms. The van der Waals surface area contributed by atoms with Crippen molar-refractivity contribution >= 4 is 16.9 Å². The zero-order valence-electron chi connectivity index (χ0n) is 17.1. The minimum atomic E-state index is -4.54. The first-order chi connectivity index (χ1) is 15.3. The lowest BCUT2D eigenvalue weighted by atomic mass is 10.0. The summed E-state index contributed by atoms with van der Waals surface area (Å²) in [5.41, 5.74) is 2.19. The van der Waals surface area contributed by atoms with E-state index in [4.69, 9.17) is 0 Å². The van der Waals surface area contributed by atoms with E-state index in [2.05, 4.69) is 15.4 Å². The maximum absolute atomic E-state index is 13.6. The van der Waals surface area contributed by atoms with Gasteiger partial charge in [0.05, 0.1) is 28.4 Å². The minimum absolute atomic E-state index is 0.0777. The molecule has 5 nitrogen and oxygen atoms in total. The molecule has 0 saturated carbocycles. The van der Waals surface area contributed by atoms with E-state index in [1.807, 2.05) is 24.3 Å². The molecule has 1 aliphatic carbocycles. The van der Waals surface area contributed by atoms with E-state index in [-0.39, 0.29) is 28.8 Å². The van der Waals surface area contributed by atoms with Gasteiger partial charge in [0.2, 0.25) is 0 Å². The van der Waals surface area contributed by atoms with Crippen molar-refractivity contribution in [2.75, 3.05) is 0 Å². The fourth-order valence-corrected chi connectivity index (χ4v) is 4.32. The Bertz CT molecular complexity index is 1320. The van der Waals surface area contributed by atoms with Gasteiger partial charge in [-0.25, -0.2) is 4.98 Å². The van der Waals surface area contributed by atoms with E-state index in [0.717, 1.165) is 6.07 Å². The molecule has 5 rings (SSSR count). The number of carbonyl (C=O) groups excluding carboxylic acids is 1. The molecule has 4 aromatic rings. The smallest absolute Gasteiger partial charge is 0.349 e. The molecule has 0 bridgehead atoms. The first-order valence-electron chi connectivity index (χ1n) is 10.2. The average molecular weight is 436 g/mol. The normalized spacial score (nSPS) is 14.0. The molecule has 0 aliphatic heterocycles. The lowest BCUT2D eigenvalue weighted by Gasteiger charge is -2.15. The van der Waals surface area contributed by atoms with Gasteiger partial charge in [0.1, 0.15) is 0 Å². The molecule has 1 aliphatic rings. The second kappa shape index (κ2) is 7.47. The Kier molecular flexibility index (Phi) is 4.73. The van der Waals surface area contributed by atoms with Gasteiger partial charge < -0.3 is 5.32 Å². The van der Waals surface area contributed by atoms with Crippen LogP contribution in [-0.2, 0) is 26.1 Å². The molecule has 0 atom stereocenters. The van der Waals surface area contributed by atoms with Crippen molar-refractivity contribution in [3.63, 3.8) is 0 Å². The summed E-state index contributed by atoms with van der Waals surface area (Å²) >= 11 is 0. The number of hydrogen-bond donors (Lipinski definition) is 1. The number of hydrogen-bond acceptors (Lipinski definition) is 3. The van der Waals surface area contributed by atoms with Crippen molar-refractivity contribution in [1.82, 2.24) is 20.1 Å². The molecule has 162 valence electrons.